The molecule has 0 bridgehead atoms. The first-order chi connectivity index (χ1) is 18.1. The van der Waals surface area contributed by atoms with Crippen LogP contribution in [0.1, 0.15) is 55.6 Å². The first kappa shape index (κ1) is 24.5. The first-order valence-electron chi connectivity index (χ1n) is 13.1. The van der Waals surface area contributed by atoms with Crippen molar-refractivity contribution in [2.24, 2.45) is 0 Å². The molecule has 0 saturated heterocycles. The molecule has 2 saturated carbocycles. The minimum absolute atomic E-state index is 0.178. The van der Waals surface area contributed by atoms with Crippen molar-refractivity contribution in [3.63, 3.8) is 0 Å². The highest BCUT2D eigenvalue weighted by molar-refractivity contribution is 7.85. The molecule has 4 heterocycles. The number of nitrogens with one attached hydrogen (secondary N) is 1. The van der Waals surface area contributed by atoms with Crippen LogP contribution in [0.5, 0.6) is 0 Å². The maximum Gasteiger partial charge on any atom is 0.227 e. The standard InChI is InChI=1S/C27H32N6O3S/c1-2-19-16-28-24(29-17-19)20-6-11-33(12-7-20)26-30-22-8-15-37(34)23(22)25(31-26)32-27(9-3-10-27)18-35-13-14-36-21-4-5-21/h1,6,16-17,21H,3-5,7-15,18H2,(H,30,31,32)/t37-/m1/s1. The molecule has 0 spiro atoms. The van der Waals surface area contributed by atoms with Gasteiger partial charge in [-0.2, -0.15) is 4.98 Å². The van der Waals surface area contributed by atoms with Gasteiger partial charge in [0.05, 0.1) is 53.5 Å². The molecule has 0 aromatic carbocycles. The summed E-state index contributed by atoms with van der Waals surface area (Å²) in [7, 11) is -1.09. The molecule has 0 amide bonds. The predicted molar refractivity (Wildman–Crippen MR) is 142 cm³/mol. The van der Waals surface area contributed by atoms with Gasteiger partial charge >= 0.3 is 0 Å². The molecule has 2 aromatic heterocycles. The lowest BCUT2D eigenvalue weighted by atomic mass is 9.77. The molecule has 2 fully saturated rings. The van der Waals surface area contributed by atoms with Crippen LogP contribution in [-0.4, -0.2) is 74.5 Å². The van der Waals surface area contributed by atoms with E-state index in [0.717, 1.165) is 48.4 Å². The van der Waals surface area contributed by atoms with Crippen molar-refractivity contribution in [3.05, 3.63) is 35.6 Å². The molecule has 2 aliphatic heterocycles. The van der Waals surface area contributed by atoms with Crippen LogP contribution in [0.4, 0.5) is 11.8 Å². The molecule has 194 valence electrons. The number of fused-ring (bicyclic) bond motifs is 1. The highest BCUT2D eigenvalue weighted by atomic mass is 32.2. The summed E-state index contributed by atoms with van der Waals surface area (Å²) in [5.74, 6) is 5.24. The van der Waals surface area contributed by atoms with Crippen molar-refractivity contribution < 1.29 is 13.7 Å². The van der Waals surface area contributed by atoms with Crippen LogP contribution >= 0.6 is 0 Å². The topological polar surface area (TPSA) is 102 Å². The second-order valence-electron chi connectivity index (χ2n) is 10.2. The van der Waals surface area contributed by atoms with Gasteiger partial charge in [-0.3, -0.25) is 4.21 Å². The Morgan fingerprint density at radius 1 is 1.19 bits per heavy atom. The molecule has 4 aliphatic rings. The Morgan fingerprint density at radius 2 is 2.03 bits per heavy atom. The van der Waals surface area contributed by atoms with E-state index in [1.54, 1.807) is 12.4 Å². The minimum atomic E-state index is -1.09. The molecule has 10 heteroatoms. The molecule has 2 aromatic rings. The van der Waals surface area contributed by atoms with Crippen LogP contribution in [0, 0.1) is 12.3 Å². The smallest absolute Gasteiger partial charge is 0.227 e. The minimum Gasteiger partial charge on any atom is -0.377 e. The SMILES string of the molecule is C#Cc1cnc(C2=CCN(c3nc4c(c(NC5(COCCOC6CC6)CCC5)n3)[S@](=O)CC4)CC2)nc1. The molecule has 9 nitrogen and oxygen atoms in total. The zero-order valence-corrected chi connectivity index (χ0v) is 21.8. The Morgan fingerprint density at radius 3 is 2.70 bits per heavy atom. The number of terminal acetylenes is 1. The summed E-state index contributed by atoms with van der Waals surface area (Å²) in [5.41, 5.74) is 2.48. The summed E-state index contributed by atoms with van der Waals surface area (Å²) in [6, 6.07) is 0. The Bertz CT molecular complexity index is 1250. The average molecular weight is 521 g/mol. The summed E-state index contributed by atoms with van der Waals surface area (Å²) >= 11 is 0. The second kappa shape index (κ2) is 10.5. The van der Waals surface area contributed by atoms with Gasteiger partial charge in [-0.05, 0) is 44.1 Å². The van der Waals surface area contributed by atoms with Crippen molar-refractivity contribution in [1.29, 1.82) is 0 Å². The number of hydrogen-bond donors (Lipinski definition) is 1. The Labute approximate surface area is 219 Å². The quantitative estimate of drug-likeness (QED) is 0.374. The maximum absolute atomic E-state index is 12.9. The Hall–Kier alpha value is -2.87. The van der Waals surface area contributed by atoms with Gasteiger partial charge in [0.25, 0.3) is 0 Å². The van der Waals surface area contributed by atoms with Crippen LogP contribution in [0.25, 0.3) is 5.57 Å². The largest absolute Gasteiger partial charge is 0.377 e. The zero-order chi connectivity index (χ0) is 25.2. The monoisotopic (exact) mass is 520 g/mol. The number of aryl methyl sites for hydroxylation is 1. The summed E-state index contributed by atoms with van der Waals surface area (Å²) in [6.07, 6.45) is 18.3. The van der Waals surface area contributed by atoms with E-state index < -0.39 is 10.8 Å². The van der Waals surface area contributed by atoms with E-state index in [4.69, 9.17) is 25.9 Å². The van der Waals surface area contributed by atoms with E-state index in [9.17, 15) is 4.21 Å². The fraction of sp³-hybridized carbons (Fsp3) is 0.556. The lowest BCUT2D eigenvalue weighted by Crippen LogP contribution is -2.49. The fourth-order valence-electron chi connectivity index (χ4n) is 4.97. The van der Waals surface area contributed by atoms with E-state index in [2.05, 4.69) is 32.2 Å². The molecule has 6 rings (SSSR count). The molecule has 2 aliphatic carbocycles. The molecular weight excluding hydrogens is 488 g/mol. The number of rotatable bonds is 10. The summed E-state index contributed by atoms with van der Waals surface area (Å²) in [5, 5.41) is 3.67. The van der Waals surface area contributed by atoms with Gasteiger partial charge in [0.2, 0.25) is 5.95 Å². The maximum atomic E-state index is 12.9. The number of aromatic nitrogens is 4. The molecule has 37 heavy (non-hydrogen) atoms. The van der Waals surface area contributed by atoms with Crippen molar-refractivity contribution in [2.75, 3.05) is 48.9 Å². The highest BCUT2D eigenvalue weighted by Crippen LogP contribution is 2.39. The highest BCUT2D eigenvalue weighted by Gasteiger charge is 2.40. The van der Waals surface area contributed by atoms with E-state index >= 15 is 0 Å². The fourth-order valence-corrected chi connectivity index (χ4v) is 6.27. The number of ether oxygens (including phenoxy) is 2. The summed E-state index contributed by atoms with van der Waals surface area (Å²) in [6.45, 7) is 3.24. The number of hydrogen-bond acceptors (Lipinski definition) is 9. The lowest BCUT2D eigenvalue weighted by Gasteiger charge is -2.43. The van der Waals surface area contributed by atoms with Gasteiger partial charge in [0, 0.05) is 37.7 Å². The van der Waals surface area contributed by atoms with Gasteiger partial charge in [0.15, 0.2) is 5.82 Å². The Balaban J connectivity index is 1.17. The van der Waals surface area contributed by atoms with Crippen LogP contribution in [0.3, 0.4) is 0 Å². The van der Waals surface area contributed by atoms with Gasteiger partial charge in [0.1, 0.15) is 10.7 Å². The predicted octanol–water partition coefficient (Wildman–Crippen LogP) is 2.74. The molecule has 0 unspecified atom stereocenters. The molecule has 0 radical (unpaired) electrons. The van der Waals surface area contributed by atoms with E-state index in [0.29, 0.717) is 67.8 Å². The van der Waals surface area contributed by atoms with Gasteiger partial charge in [-0.1, -0.05) is 12.0 Å². The number of nitrogens with zero attached hydrogens (tertiary/aromatic N) is 5. The third-order valence-electron chi connectivity index (χ3n) is 7.45. The molecule has 1 N–H and O–H groups in total. The Kier molecular flexibility index (Phi) is 6.93. The normalized spacial score (nSPS) is 22.1. The van der Waals surface area contributed by atoms with Gasteiger partial charge in [-0.15, -0.1) is 6.42 Å². The van der Waals surface area contributed by atoms with Crippen LogP contribution in [-0.2, 0) is 26.7 Å². The van der Waals surface area contributed by atoms with E-state index in [1.165, 1.54) is 12.8 Å². The van der Waals surface area contributed by atoms with E-state index in [1.807, 2.05) is 0 Å². The van der Waals surface area contributed by atoms with Crippen molar-refractivity contribution in [2.45, 2.75) is 61.5 Å². The summed E-state index contributed by atoms with van der Waals surface area (Å²) in [4.78, 5) is 21.5. The second-order valence-corrected chi connectivity index (χ2v) is 11.7. The third-order valence-corrected chi connectivity index (χ3v) is 8.91. The zero-order valence-electron chi connectivity index (χ0n) is 20.9. The average Bonchev–Trinajstić information content (AvgIpc) is 3.67. The number of anilines is 2. The van der Waals surface area contributed by atoms with Crippen molar-refractivity contribution >= 4 is 28.1 Å². The van der Waals surface area contributed by atoms with Crippen molar-refractivity contribution in [3.8, 4) is 12.3 Å². The third kappa shape index (κ3) is 5.40. The summed E-state index contributed by atoms with van der Waals surface area (Å²) < 4.78 is 24.6. The molecule has 1 atom stereocenters. The van der Waals surface area contributed by atoms with Gasteiger partial charge < -0.3 is 19.7 Å². The van der Waals surface area contributed by atoms with E-state index in [-0.39, 0.29) is 5.54 Å². The van der Waals surface area contributed by atoms with Crippen LogP contribution in [0.2, 0.25) is 0 Å². The van der Waals surface area contributed by atoms with Gasteiger partial charge in [-0.25, -0.2) is 15.0 Å². The van der Waals surface area contributed by atoms with Crippen molar-refractivity contribution in [1.82, 2.24) is 19.9 Å². The lowest BCUT2D eigenvalue weighted by molar-refractivity contribution is 0.0109. The molecular formula is C27H32N6O3S. The first-order valence-corrected chi connectivity index (χ1v) is 14.4. The van der Waals surface area contributed by atoms with Crippen LogP contribution in [0.15, 0.2) is 23.4 Å². The van der Waals surface area contributed by atoms with Crippen LogP contribution < -0.4 is 10.2 Å².